The first-order valence-corrected chi connectivity index (χ1v) is 4.85. The fourth-order valence-electron chi connectivity index (χ4n) is 1.64. The van der Waals surface area contributed by atoms with Gasteiger partial charge in [-0.05, 0) is 13.5 Å². The maximum absolute atomic E-state index is 5.63. The molecule has 1 saturated heterocycles. The van der Waals surface area contributed by atoms with Gasteiger partial charge >= 0.3 is 0 Å². The Hall–Kier alpha value is -0.120. The van der Waals surface area contributed by atoms with Gasteiger partial charge in [0.15, 0.2) is 0 Å². The van der Waals surface area contributed by atoms with Gasteiger partial charge in [-0.2, -0.15) is 0 Å². The van der Waals surface area contributed by atoms with Crippen molar-refractivity contribution in [3.63, 3.8) is 0 Å². The maximum Gasteiger partial charge on any atom is 0.0703 e. The largest absolute Gasteiger partial charge is 0.376 e. The summed E-state index contributed by atoms with van der Waals surface area (Å²) in [6.07, 6.45) is 2.88. The zero-order valence-electron chi connectivity index (χ0n) is 8.18. The number of ether oxygens (including phenoxy) is 1. The maximum atomic E-state index is 5.63. The molecule has 0 aromatic heterocycles. The zero-order chi connectivity index (χ0) is 8.81. The van der Waals surface area contributed by atoms with Gasteiger partial charge in [0.2, 0.25) is 0 Å². The summed E-state index contributed by atoms with van der Waals surface area (Å²) in [6, 6.07) is 0. The Kier molecular flexibility index (Phi) is 4.58. The Balaban J connectivity index is 2.20. The van der Waals surface area contributed by atoms with E-state index in [1.54, 1.807) is 0 Å². The first-order valence-electron chi connectivity index (χ1n) is 4.85. The van der Waals surface area contributed by atoms with E-state index in [9.17, 15) is 0 Å². The van der Waals surface area contributed by atoms with Crippen molar-refractivity contribution < 1.29 is 4.74 Å². The van der Waals surface area contributed by atoms with E-state index < -0.39 is 0 Å². The highest BCUT2D eigenvalue weighted by Crippen LogP contribution is 2.08. The van der Waals surface area contributed by atoms with Gasteiger partial charge in [0.05, 0.1) is 12.7 Å². The van der Waals surface area contributed by atoms with Gasteiger partial charge in [0.25, 0.3) is 0 Å². The molecule has 1 unspecified atom stereocenters. The van der Waals surface area contributed by atoms with Crippen LogP contribution in [0.5, 0.6) is 0 Å². The molecule has 1 aliphatic rings. The third kappa shape index (κ3) is 3.09. The van der Waals surface area contributed by atoms with Gasteiger partial charge in [0.1, 0.15) is 0 Å². The van der Waals surface area contributed by atoms with E-state index in [0.29, 0.717) is 6.10 Å². The lowest BCUT2D eigenvalue weighted by atomic mass is 10.2. The molecule has 1 atom stereocenters. The molecule has 0 amide bonds. The number of hydrogen-bond donors (Lipinski definition) is 1. The summed E-state index contributed by atoms with van der Waals surface area (Å²) in [7, 11) is 1.99. The van der Waals surface area contributed by atoms with E-state index in [1.165, 1.54) is 12.8 Å². The van der Waals surface area contributed by atoms with Crippen molar-refractivity contribution in [3.8, 4) is 0 Å². The normalized spacial score (nSPS) is 26.0. The summed E-state index contributed by atoms with van der Waals surface area (Å²) in [5.74, 6) is 0. The van der Waals surface area contributed by atoms with Crippen molar-refractivity contribution in [2.75, 3.05) is 33.4 Å². The lowest BCUT2D eigenvalue weighted by molar-refractivity contribution is -0.0338. The predicted octanol–water partition coefficient (Wildman–Crippen LogP) is 0.664. The van der Waals surface area contributed by atoms with E-state index in [0.717, 1.165) is 26.4 Å². The lowest BCUT2D eigenvalue weighted by Crippen LogP contribution is -2.45. The van der Waals surface area contributed by atoms with Crippen LogP contribution in [0, 0.1) is 0 Å². The van der Waals surface area contributed by atoms with Gasteiger partial charge in [-0.15, -0.1) is 0 Å². The molecular weight excluding hydrogens is 152 g/mol. The monoisotopic (exact) mass is 172 g/mol. The minimum atomic E-state index is 0.470. The minimum absolute atomic E-state index is 0.470. The quantitative estimate of drug-likeness (QED) is 0.674. The Morgan fingerprint density at radius 2 is 2.42 bits per heavy atom. The predicted molar refractivity (Wildman–Crippen MR) is 50.1 cm³/mol. The molecule has 0 aromatic carbocycles. The van der Waals surface area contributed by atoms with Crippen molar-refractivity contribution in [1.29, 1.82) is 0 Å². The van der Waals surface area contributed by atoms with Crippen molar-refractivity contribution in [2.45, 2.75) is 25.9 Å². The van der Waals surface area contributed by atoms with Gasteiger partial charge in [0, 0.05) is 19.8 Å². The van der Waals surface area contributed by atoms with Crippen LogP contribution < -0.4 is 5.32 Å². The number of morpholine rings is 1. The van der Waals surface area contributed by atoms with Crippen LogP contribution in [0.4, 0.5) is 0 Å². The number of nitrogens with zero attached hydrogens (tertiary/aromatic N) is 1. The fraction of sp³-hybridized carbons (Fsp3) is 1.00. The lowest BCUT2D eigenvalue weighted by Gasteiger charge is -2.32. The highest BCUT2D eigenvalue weighted by Gasteiger charge is 2.18. The van der Waals surface area contributed by atoms with Gasteiger partial charge in [-0.3, -0.25) is 4.90 Å². The first-order chi connectivity index (χ1) is 5.86. The van der Waals surface area contributed by atoms with Crippen LogP contribution in [-0.2, 0) is 4.74 Å². The molecule has 1 aliphatic heterocycles. The molecule has 1 N–H and O–H groups in total. The van der Waals surface area contributed by atoms with Crippen molar-refractivity contribution >= 4 is 0 Å². The summed E-state index contributed by atoms with van der Waals surface area (Å²) in [5.41, 5.74) is 0. The summed E-state index contributed by atoms with van der Waals surface area (Å²) >= 11 is 0. The van der Waals surface area contributed by atoms with Crippen molar-refractivity contribution in [3.05, 3.63) is 0 Å². The SMILES string of the molecule is CCCC1CN(CNC)CCO1. The van der Waals surface area contributed by atoms with Crippen molar-refractivity contribution in [2.24, 2.45) is 0 Å². The standard InChI is InChI=1S/C9H20N2O/c1-3-4-9-7-11(8-10-2)5-6-12-9/h9-10H,3-8H2,1-2H3. The van der Waals surface area contributed by atoms with E-state index in [2.05, 4.69) is 17.1 Å². The smallest absolute Gasteiger partial charge is 0.0703 e. The van der Waals surface area contributed by atoms with Crippen LogP contribution in [0.2, 0.25) is 0 Å². The molecule has 0 spiro atoms. The van der Waals surface area contributed by atoms with Crippen LogP contribution in [0.3, 0.4) is 0 Å². The Labute approximate surface area is 75.1 Å². The summed E-state index contributed by atoms with van der Waals surface area (Å²) in [6.45, 7) is 6.26. The van der Waals surface area contributed by atoms with E-state index in [1.807, 2.05) is 7.05 Å². The van der Waals surface area contributed by atoms with Gasteiger partial charge < -0.3 is 10.1 Å². The molecule has 1 heterocycles. The van der Waals surface area contributed by atoms with Crippen LogP contribution in [0.25, 0.3) is 0 Å². The molecule has 1 rings (SSSR count). The fourth-order valence-corrected chi connectivity index (χ4v) is 1.64. The Morgan fingerprint density at radius 1 is 1.58 bits per heavy atom. The number of rotatable bonds is 4. The van der Waals surface area contributed by atoms with Gasteiger partial charge in [-0.25, -0.2) is 0 Å². The second kappa shape index (κ2) is 5.51. The van der Waals surface area contributed by atoms with Crippen LogP contribution in [-0.4, -0.2) is 44.4 Å². The zero-order valence-corrected chi connectivity index (χ0v) is 8.18. The second-order valence-electron chi connectivity index (χ2n) is 3.37. The van der Waals surface area contributed by atoms with E-state index >= 15 is 0 Å². The molecule has 3 heteroatoms. The molecule has 12 heavy (non-hydrogen) atoms. The van der Waals surface area contributed by atoms with E-state index in [4.69, 9.17) is 4.74 Å². The molecule has 0 aromatic rings. The van der Waals surface area contributed by atoms with Crippen LogP contribution in [0.15, 0.2) is 0 Å². The molecule has 72 valence electrons. The molecule has 0 radical (unpaired) electrons. The molecule has 0 bridgehead atoms. The summed E-state index contributed by atoms with van der Waals surface area (Å²) < 4.78 is 5.63. The molecule has 0 aliphatic carbocycles. The second-order valence-corrected chi connectivity index (χ2v) is 3.37. The molecule has 3 nitrogen and oxygen atoms in total. The third-order valence-electron chi connectivity index (χ3n) is 2.22. The Morgan fingerprint density at radius 3 is 3.08 bits per heavy atom. The molecule has 0 saturated carbocycles. The third-order valence-corrected chi connectivity index (χ3v) is 2.22. The first kappa shape index (κ1) is 9.96. The van der Waals surface area contributed by atoms with Gasteiger partial charge in [-0.1, -0.05) is 13.3 Å². The highest BCUT2D eigenvalue weighted by molar-refractivity contribution is 4.69. The topological polar surface area (TPSA) is 24.5 Å². The number of hydrogen-bond acceptors (Lipinski definition) is 3. The highest BCUT2D eigenvalue weighted by atomic mass is 16.5. The average molecular weight is 172 g/mol. The van der Waals surface area contributed by atoms with Crippen molar-refractivity contribution in [1.82, 2.24) is 10.2 Å². The summed E-state index contributed by atoms with van der Waals surface area (Å²) in [5, 5.41) is 3.17. The summed E-state index contributed by atoms with van der Waals surface area (Å²) in [4.78, 5) is 2.41. The molecular formula is C9H20N2O. The minimum Gasteiger partial charge on any atom is -0.376 e. The van der Waals surface area contributed by atoms with E-state index in [-0.39, 0.29) is 0 Å². The average Bonchev–Trinajstić information content (AvgIpc) is 2.06. The Bertz CT molecular complexity index is 103. The molecule has 1 fully saturated rings. The van der Waals surface area contributed by atoms with Crippen LogP contribution >= 0.6 is 0 Å². The van der Waals surface area contributed by atoms with Crippen LogP contribution in [0.1, 0.15) is 19.8 Å². The number of nitrogens with one attached hydrogen (secondary N) is 1.